The number of hydrogen-bond acceptors (Lipinski definition) is 8. The van der Waals surface area contributed by atoms with E-state index in [0.717, 1.165) is 12.8 Å². The van der Waals surface area contributed by atoms with Gasteiger partial charge in [0.05, 0.1) is 25.4 Å². The molecule has 0 aliphatic carbocycles. The second-order valence-electron chi connectivity index (χ2n) is 8.94. The van der Waals surface area contributed by atoms with E-state index in [0.29, 0.717) is 0 Å². The van der Waals surface area contributed by atoms with Crippen LogP contribution in [-0.4, -0.2) is 81.6 Å². The minimum atomic E-state index is -1.50. The molecule has 8 heteroatoms. The molecule has 7 N–H and O–H groups in total. The monoisotopic (exact) mass is 461 g/mol. The maximum atomic E-state index is 10.2. The third-order valence-electron chi connectivity index (χ3n) is 6.05. The highest BCUT2D eigenvalue weighted by Crippen LogP contribution is 2.22. The van der Waals surface area contributed by atoms with E-state index in [2.05, 4.69) is 6.92 Å². The average molecular weight is 462 g/mol. The molecular formula is C24H47NO7. The van der Waals surface area contributed by atoms with Gasteiger partial charge in [0.15, 0.2) is 6.29 Å². The van der Waals surface area contributed by atoms with Gasteiger partial charge in [-0.05, 0) is 12.8 Å². The largest absolute Gasteiger partial charge is 0.394 e. The number of rotatable bonds is 18. The Morgan fingerprint density at radius 2 is 1.44 bits per heavy atom. The number of ether oxygens (including phenoxy) is 2. The molecule has 0 amide bonds. The van der Waals surface area contributed by atoms with Crippen molar-refractivity contribution in [2.75, 3.05) is 13.2 Å². The van der Waals surface area contributed by atoms with Gasteiger partial charge >= 0.3 is 0 Å². The van der Waals surface area contributed by atoms with Gasteiger partial charge in [0, 0.05) is 0 Å². The summed E-state index contributed by atoms with van der Waals surface area (Å²) in [4.78, 5) is 0. The van der Waals surface area contributed by atoms with Gasteiger partial charge in [0.1, 0.15) is 24.4 Å². The summed E-state index contributed by atoms with van der Waals surface area (Å²) in [6, 6.07) is -0.740. The molecule has 7 atom stereocenters. The summed E-state index contributed by atoms with van der Waals surface area (Å²) in [5.41, 5.74) is 5.93. The Kier molecular flexibility index (Phi) is 16.4. The number of aliphatic hydroxyl groups is 5. The van der Waals surface area contributed by atoms with Crippen molar-refractivity contribution in [3.8, 4) is 0 Å². The van der Waals surface area contributed by atoms with Gasteiger partial charge in [0.2, 0.25) is 0 Å². The van der Waals surface area contributed by atoms with Gasteiger partial charge in [-0.15, -0.1) is 0 Å². The van der Waals surface area contributed by atoms with Crippen molar-refractivity contribution >= 4 is 0 Å². The van der Waals surface area contributed by atoms with Crippen molar-refractivity contribution in [3.05, 3.63) is 12.2 Å². The molecule has 0 unspecified atom stereocenters. The lowest BCUT2D eigenvalue weighted by molar-refractivity contribution is -0.302. The normalized spacial score (nSPS) is 28.3. The Labute approximate surface area is 193 Å². The fourth-order valence-electron chi connectivity index (χ4n) is 3.81. The summed E-state index contributed by atoms with van der Waals surface area (Å²) in [6.07, 6.45) is 11.1. The van der Waals surface area contributed by atoms with Crippen LogP contribution in [0.5, 0.6) is 0 Å². The molecule has 1 rings (SSSR count). The molecule has 0 spiro atoms. The minimum absolute atomic E-state index is 0.118. The SMILES string of the molecule is CCCCCCCCCCCCC/C=C/[C@H](O)[C@H](N)CO[C@H]1O[C@H](CO)[C@H](O)[C@H](O)[C@H]1O. The number of nitrogens with two attached hydrogens (primary N) is 1. The predicted octanol–water partition coefficient (Wildman–Crippen LogP) is 1.75. The van der Waals surface area contributed by atoms with E-state index < -0.39 is 49.5 Å². The van der Waals surface area contributed by atoms with E-state index in [-0.39, 0.29) is 6.61 Å². The molecule has 0 radical (unpaired) electrons. The van der Waals surface area contributed by atoms with Crippen LogP contribution in [0.15, 0.2) is 12.2 Å². The summed E-state index contributed by atoms with van der Waals surface area (Å²) in [5, 5.41) is 48.8. The molecular weight excluding hydrogens is 414 g/mol. The fraction of sp³-hybridized carbons (Fsp3) is 0.917. The van der Waals surface area contributed by atoms with E-state index in [9.17, 15) is 25.5 Å². The number of hydrogen-bond donors (Lipinski definition) is 6. The van der Waals surface area contributed by atoms with Crippen molar-refractivity contribution in [2.45, 2.75) is 127 Å². The standard InChI is InChI=1S/C24H47NO7/c1-2-3-4-5-6-7-8-9-10-11-12-13-14-15-19(27)18(25)17-31-24-23(30)22(29)21(28)20(16-26)32-24/h14-15,18-24,26-30H,2-13,16-17,25H2,1H3/b15-14+/t18-,19+,20-,21+,22+,23-,24+/m1/s1. The van der Waals surface area contributed by atoms with Crippen LogP contribution in [0.4, 0.5) is 0 Å². The fourth-order valence-corrected chi connectivity index (χ4v) is 3.81. The second kappa shape index (κ2) is 17.8. The van der Waals surface area contributed by atoms with Crippen LogP contribution in [0, 0.1) is 0 Å². The first-order chi connectivity index (χ1) is 15.4. The van der Waals surface area contributed by atoms with Gasteiger partial charge in [-0.2, -0.15) is 0 Å². The first-order valence-corrected chi connectivity index (χ1v) is 12.4. The lowest BCUT2D eigenvalue weighted by Gasteiger charge is -2.39. The maximum Gasteiger partial charge on any atom is 0.186 e. The van der Waals surface area contributed by atoms with Gasteiger partial charge in [0.25, 0.3) is 0 Å². The summed E-state index contributed by atoms with van der Waals surface area (Å²) in [5.74, 6) is 0. The average Bonchev–Trinajstić information content (AvgIpc) is 2.79. The molecule has 0 aromatic rings. The van der Waals surface area contributed by atoms with Crippen LogP contribution in [0.2, 0.25) is 0 Å². The zero-order valence-electron chi connectivity index (χ0n) is 19.7. The van der Waals surface area contributed by atoms with Crippen molar-refractivity contribution < 1.29 is 35.0 Å². The van der Waals surface area contributed by atoms with Gasteiger partial charge in [-0.1, -0.05) is 83.3 Å². The molecule has 1 heterocycles. The van der Waals surface area contributed by atoms with E-state index in [1.54, 1.807) is 6.08 Å². The zero-order valence-corrected chi connectivity index (χ0v) is 19.7. The molecule has 0 bridgehead atoms. The van der Waals surface area contributed by atoms with Crippen molar-refractivity contribution in [2.24, 2.45) is 5.73 Å². The maximum absolute atomic E-state index is 10.2. The molecule has 1 aliphatic rings. The number of aliphatic hydroxyl groups excluding tert-OH is 5. The topological polar surface area (TPSA) is 146 Å². The summed E-state index contributed by atoms with van der Waals surface area (Å²) in [7, 11) is 0. The molecule has 1 aliphatic heterocycles. The summed E-state index contributed by atoms with van der Waals surface area (Å²) >= 11 is 0. The van der Waals surface area contributed by atoms with Crippen LogP contribution < -0.4 is 5.73 Å². The quantitative estimate of drug-likeness (QED) is 0.134. The van der Waals surface area contributed by atoms with Gasteiger partial charge < -0.3 is 40.7 Å². The minimum Gasteiger partial charge on any atom is -0.394 e. The van der Waals surface area contributed by atoms with Crippen LogP contribution >= 0.6 is 0 Å². The second-order valence-corrected chi connectivity index (χ2v) is 8.94. The highest BCUT2D eigenvalue weighted by Gasteiger charge is 2.44. The Morgan fingerprint density at radius 1 is 0.875 bits per heavy atom. The number of unbranched alkanes of at least 4 members (excludes halogenated alkanes) is 11. The van der Waals surface area contributed by atoms with Crippen LogP contribution in [-0.2, 0) is 9.47 Å². The molecule has 0 aromatic carbocycles. The smallest absolute Gasteiger partial charge is 0.186 e. The molecule has 0 saturated carbocycles. The van der Waals surface area contributed by atoms with Crippen molar-refractivity contribution in [1.82, 2.24) is 0 Å². The third-order valence-corrected chi connectivity index (χ3v) is 6.05. The molecule has 0 aromatic heterocycles. The summed E-state index contributed by atoms with van der Waals surface area (Å²) in [6.45, 7) is 1.60. The molecule has 190 valence electrons. The van der Waals surface area contributed by atoms with Crippen LogP contribution in [0.25, 0.3) is 0 Å². The predicted molar refractivity (Wildman–Crippen MR) is 124 cm³/mol. The Bertz CT molecular complexity index is 477. The van der Waals surface area contributed by atoms with E-state index in [1.807, 2.05) is 6.08 Å². The number of allylic oxidation sites excluding steroid dienone is 1. The van der Waals surface area contributed by atoms with E-state index >= 15 is 0 Å². The molecule has 8 nitrogen and oxygen atoms in total. The molecule has 1 fully saturated rings. The van der Waals surface area contributed by atoms with Crippen molar-refractivity contribution in [1.29, 1.82) is 0 Å². The third kappa shape index (κ3) is 11.5. The zero-order chi connectivity index (χ0) is 23.8. The van der Waals surface area contributed by atoms with E-state index in [1.165, 1.54) is 64.2 Å². The Morgan fingerprint density at radius 3 is 2.00 bits per heavy atom. The lowest BCUT2D eigenvalue weighted by Crippen LogP contribution is -2.59. The van der Waals surface area contributed by atoms with Gasteiger partial charge in [-0.25, -0.2) is 0 Å². The molecule has 32 heavy (non-hydrogen) atoms. The van der Waals surface area contributed by atoms with Gasteiger partial charge in [-0.3, -0.25) is 0 Å². The molecule has 1 saturated heterocycles. The Balaban J connectivity index is 2.10. The Hall–Kier alpha value is -0.580. The lowest BCUT2D eigenvalue weighted by atomic mass is 9.99. The highest BCUT2D eigenvalue weighted by atomic mass is 16.7. The summed E-state index contributed by atoms with van der Waals surface area (Å²) < 4.78 is 10.6. The first kappa shape index (κ1) is 29.5. The van der Waals surface area contributed by atoms with Crippen molar-refractivity contribution in [3.63, 3.8) is 0 Å². The first-order valence-electron chi connectivity index (χ1n) is 12.4. The van der Waals surface area contributed by atoms with Crippen LogP contribution in [0.3, 0.4) is 0 Å². The highest BCUT2D eigenvalue weighted by molar-refractivity contribution is 4.94. The van der Waals surface area contributed by atoms with Crippen LogP contribution in [0.1, 0.15) is 84.0 Å². The van der Waals surface area contributed by atoms with E-state index in [4.69, 9.17) is 15.2 Å².